The maximum Gasteiger partial charge on any atom is 0.249 e. The Morgan fingerprint density at radius 2 is 2.09 bits per heavy atom. The second kappa shape index (κ2) is 8.81. The number of hydrogen-bond donors (Lipinski definition) is 2. The number of nitrogens with one attached hydrogen (secondary N) is 1. The number of amides is 2. The summed E-state index contributed by atoms with van der Waals surface area (Å²) in [4.78, 5) is 36.0. The van der Waals surface area contributed by atoms with Crippen molar-refractivity contribution in [1.82, 2.24) is 25.5 Å². The number of rotatable bonds is 7. The van der Waals surface area contributed by atoms with Crippen LogP contribution in [0.15, 0.2) is 22.9 Å². The third-order valence-corrected chi connectivity index (χ3v) is 7.43. The number of aromatic nitrogens is 3. The van der Waals surface area contributed by atoms with E-state index < -0.39 is 17.6 Å². The molecule has 3 heterocycles. The number of carbonyl (C=O) groups excluding carboxylic acids is 2. The summed E-state index contributed by atoms with van der Waals surface area (Å²) in [6.45, 7) is 0.602. The van der Waals surface area contributed by atoms with Crippen LogP contribution in [0.25, 0.3) is 11.5 Å². The minimum atomic E-state index is -0.550. The zero-order valence-corrected chi connectivity index (χ0v) is 18.4. The Labute approximate surface area is 190 Å². The van der Waals surface area contributed by atoms with Gasteiger partial charge in [-0.15, -0.1) is 0 Å². The van der Waals surface area contributed by atoms with Gasteiger partial charge in [0, 0.05) is 18.9 Å². The van der Waals surface area contributed by atoms with Gasteiger partial charge < -0.3 is 9.42 Å². The number of likely N-dealkylation sites (tertiary alicyclic amines) is 1. The maximum atomic E-state index is 13.7. The third-order valence-electron chi connectivity index (χ3n) is 7.43. The lowest BCUT2D eigenvalue weighted by Crippen LogP contribution is -2.39. The Morgan fingerprint density at radius 3 is 2.76 bits per heavy atom. The van der Waals surface area contributed by atoms with Crippen molar-refractivity contribution in [3.63, 3.8) is 0 Å². The Balaban J connectivity index is 1.38. The van der Waals surface area contributed by atoms with Gasteiger partial charge in [-0.05, 0) is 49.1 Å². The summed E-state index contributed by atoms with van der Waals surface area (Å²) in [5, 5.41) is 13.1. The highest BCUT2D eigenvalue weighted by molar-refractivity contribution is 5.86. The quantitative estimate of drug-likeness (QED) is 0.483. The summed E-state index contributed by atoms with van der Waals surface area (Å²) in [6.07, 6.45) is 8.93. The monoisotopic (exact) mass is 457 g/mol. The van der Waals surface area contributed by atoms with Gasteiger partial charge in [0.05, 0.1) is 6.20 Å². The molecule has 2 amide bonds. The summed E-state index contributed by atoms with van der Waals surface area (Å²) in [6, 6.07) is 2.39. The summed E-state index contributed by atoms with van der Waals surface area (Å²) in [5.74, 6) is -0.606. The molecule has 176 valence electrons. The van der Waals surface area contributed by atoms with Crippen LogP contribution in [0.3, 0.4) is 0 Å². The number of nitrogens with zero attached hydrogens (tertiary/aromatic N) is 4. The summed E-state index contributed by atoms with van der Waals surface area (Å²) in [7, 11) is 0. The van der Waals surface area contributed by atoms with Gasteiger partial charge in [-0.3, -0.25) is 14.8 Å². The smallest absolute Gasteiger partial charge is 0.249 e. The zero-order chi connectivity index (χ0) is 23.0. The molecule has 2 aromatic rings. The fourth-order valence-electron chi connectivity index (χ4n) is 5.45. The minimum Gasteiger partial charge on any atom is -0.337 e. The largest absolute Gasteiger partial charge is 0.337 e. The average Bonchev–Trinajstić information content (AvgIpc) is 3.22. The van der Waals surface area contributed by atoms with Crippen LogP contribution < -0.4 is 5.48 Å². The lowest BCUT2D eigenvalue weighted by molar-refractivity contribution is -0.142. The fraction of sp³-hybridized carbons (Fsp3) is 0.609. The molecule has 1 saturated heterocycles. The SMILES string of the molecule is O=C(C[C@@H](CC1CCCC1)C(=O)N1CC2(CC2)C[C@H]1c1nc(-c2ccc(F)cn2)no1)NO. The van der Waals surface area contributed by atoms with Gasteiger partial charge >= 0.3 is 0 Å². The summed E-state index contributed by atoms with van der Waals surface area (Å²) >= 11 is 0. The molecule has 33 heavy (non-hydrogen) atoms. The normalized spacial score (nSPS) is 22.6. The van der Waals surface area contributed by atoms with Crippen molar-refractivity contribution in [3.05, 3.63) is 30.0 Å². The van der Waals surface area contributed by atoms with Crippen LogP contribution in [0.1, 0.15) is 69.7 Å². The highest BCUT2D eigenvalue weighted by atomic mass is 19.1. The lowest BCUT2D eigenvalue weighted by Gasteiger charge is -2.28. The van der Waals surface area contributed by atoms with Gasteiger partial charge in [0.15, 0.2) is 0 Å². The van der Waals surface area contributed by atoms with E-state index in [0.29, 0.717) is 30.5 Å². The molecule has 0 radical (unpaired) electrons. The van der Waals surface area contributed by atoms with E-state index in [0.717, 1.165) is 51.1 Å². The molecule has 3 aliphatic rings. The van der Waals surface area contributed by atoms with Crippen molar-refractivity contribution in [3.8, 4) is 11.5 Å². The molecule has 2 aliphatic carbocycles. The van der Waals surface area contributed by atoms with E-state index in [2.05, 4.69) is 15.1 Å². The van der Waals surface area contributed by atoms with Crippen molar-refractivity contribution < 1.29 is 23.7 Å². The van der Waals surface area contributed by atoms with E-state index in [-0.39, 0.29) is 29.6 Å². The van der Waals surface area contributed by atoms with Gasteiger partial charge in [0.25, 0.3) is 0 Å². The first-order valence-corrected chi connectivity index (χ1v) is 11.7. The second-order valence-corrected chi connectivity index (χ2v) is 9.83. The molecule has 10 heteroatoms. The second-order valence-electron chi connectivity index (χ2n) is 9.83. The summed E-state index contributed by atoms with van der Waals surface area (Å²) < 4.78 is 18.8. The number of hydrogen-bond acceptors (Lipinski definition) is 7. The van der Waals surface area contributed by atoms with Gasteiger partial charge in [0.1, 0.15) is 17.6 Å². The summed E-state index contributed by atoms with van der Waals surface area (Å²) in [5.41, 5.74) is 2.14. The van der Waals surface area contributed by atoms with E-state index >= 15 is 0 Å². The van der Waals surface area contributed by atoms with Crippen molar-refractivity contribution in [2.24, 2.45) is 17.3 Å². The van der Waals surface area contributed by atoms with Gasteiger partial charge in [-0.2, -0.15) is 4.98 Å². The average molecular weight is 458 g/mol. The van der Waals surface area contributed by atoms with Gasteiger partial charge in [-0.1, -0.05) is 30.8 Å². The molecule has 5 rings (SSSR count). The Hall–Kier alpha value is -2.88. The zero-order valence-electron chi connectivity index (χ0n) is 18.4. The first kappa shape index (κ1) is 21.9. The van der Waals surface area contributed by atoms with Crippen LogP contribution in [0.5, 0.6) is 0 Å². The van der Waals surface area contributed by atoms with E-state index in [9.17, 15) is 14.0 Å². The maximum absolute atomic E-state index is 13.7. The Kier molecular flexibility index (Phi) is 5.86. The molecule has 1 spiro atoms. The van der Waals surface area contributed by atoms with Gasteiger partial charge in [-0.25, -0.2) is 14.9 Å². The van der Waals surface area contributed by atoms with Crippen molar-refractivity contribution in [2.75, 3.05) is 6.54 Å². The first-order chi connectivity index (χ1) is 16.0. The number of halogens is 1. The van der Waals surface area contributed by atoms with E-state index in [1.165, 1.54) is 12.1 Å². The molecule has 3 fully saturated rings. The third kappa shape index (κ3) is 4.62. The molecule has 0 unspecified atom stereocenters. The van der Waals surface area contributed by atoms with E-state index in [1.54, 1.807) is 10.4 Å². The standard InChI is InChI=1S/C23H28FN5O4/c24-16-5-6-17(25-12-16)20-26-21(33-28-20)18-11-23(7-8-23)13-29(18)22(31)15(10-19(30)27-32)9-14-3-1-2-4-14/h5-6,12,14-15,18,32H,1-4,7-11,13H2,(H,27,30)/t15-,18+/m1/s1. The molecule has 2 N–H and O–H groups in total. The predicted octanol–water partition coefficient (Wildman–Crippen LogP) is 3.42. The van der Waals surface area contributed by atoms with Crippen LogP contribution in [-0.4, -0.2) is 43.6 Å². The highest BCUT2D eigenvalue weighted by Crippen LogP contribution is 2.58. The molecular formula is C23H28FN5O4. The van der Waals surface area contributed by atoms with Crippen LogP contribution in [0.2, 0.25) is 0 Å². The molecule has 1 aliphatic heterocycles. The van der Waals surface area contributed by atoms with Crippen LogP contribution in [0.4, 0.5) is 4.39 Å². The topological polar surface area (TPSA) is 121 Å². The molecule has 2 saturated carbocycles. The van der Waals surface area contributed by atoms with Crippen molar-refractivity contribution in [2.45, 2.75) is 63.8 Å². The van der Waals surface area contributed by atoms with Gasteiger partial charge in [0.2, 0.25) is 23.5 Å². The van der Waals surface area contributed by atoms with E-state index in [1.807, 2.05) is 0 Å². The molecule has 0 bridgehead atoms. The van der Waals surface area contributed by atoms with Crippen LogP contribution in [0, 0.1) is 23.1 Å². The highest BCUT2D eigenvalue weighted by Gasteiger charge is 2.55. The van der Waals surface area contributed by atoms with E-state index in [4.69, 9.17) is 9.73 Å². The lowest BCUT2D eigenvalue weighted by atomic mass is 9.89. The fourth-order valence-corrected chi connectivity index (χ4v) is 5.45. The van der Waals surface area contributed by atoms with Crippen LogP contribution in [-0.2, 0) is 9.59 Å². The van der Waals surface area contributed by atoms with Crippen molar-refractivity contribution >= 4 is 11.8 Å². The minimum absolute atomic E-state index is 0.0450. The Bertz CT molecular complexity index is 1020. The van der Waals surface area contributed by atoms with Crippen LogP contribution >= 0.6 is 0 Å². The first-order valence-electron chi connectivity index (χ1n) is 11.7. The number of hydroxylamine groups is 1. The molecular weight excluding hydrogens is 429 g/mol. The Morgan fingerprint density at radius 1 is 1.30 bits per heavy atom. The number of pyridine rings is 1. The molecule has 2 aromatic heterocycles. The molecule has 2 atom stereocenters. The number of carbonyl (C=O) groups is 2. The van der Waals surface area contributed by atoms with Crippen molar-refractivity contribution in [1.29, 1.82) is 0 Å². The molecule has 9 nitrogen and oxygen atoms in total. The molecule has 0 aromatic carbocycles. The predicted molar refractivity (Wildman–Crippen MR) is 113 cm³/mol.